The van der Waals surface area contributed by atoms with Gasteiger partial charge in [-0.2, -0.15) is 4.98 Å². The predicted molar refractivity (Wildman–Crippen MR) is 103 cm³/mol. The molecule has 1 amide bonds. The number of hydrogen-bond acceptors (Lipinski definition) is 5. The Morgan fingerprint density at radius 2 is 2.00 bits per heavy atom. The van der Waals surface area contributed by atoms with Crippen molar-refractivity contribution in [3.05, 3.63) is 77.5 Å². The van der Waals surface area contributed by atoms with Crippen LogP contribution in [0.5, 0.6) is 5.75 Å². The number of hydrogen-bond donors (Lipinski definition) is 2. The number of methoxy groups -OCH3 is 1. The third-order valence-electron chi connectivity index (χ3n) is 4.31. The molecule has 7 nitrogen and oxygen atoms in total. The molecular formula is C20H19N5O2. The van der Waals surface area contributed by atoms with E-state index in [1.165, 1.54) is 0 Å². The van der Waals surface area contributed by atoms with Gasteiger partial charge in [0, 0.05) is 11.3 Å². The smallest absolute Gasteiger partial charge is 0.258 e. The van der Waals surface area contributed by atoms with Crippen LogP contribution in [0.4, 0.5) is 11.9 Å². The van der Waals surface area contributed by atoms with Crippen LogP contribution in [-0.2, 0) is 0 Å². The van der Waals surface area contributed by atoms with Gasteiger partial charge < -0.3 is 10.1 Å². The number of ether oxygens (including phenoxy) is 1. The lowest BCUT2D eigenvalue weighted by Gasteiger charge is -2.22. The minimum Gasteiger partial charge on any atom is -0.497 e. The zero-order chi connectivity index (χ0) is 18.8. The van der Waals surface area contributed by atoms with Gasteiger partial charge in [0.15, 0.2) is 0 Å². The van der Waals surface area contributed by atoms with Crippen molar-refractivity contribution in [2.24, 2.45) is 0 Å². The van der Waals surface area contributed by atoms with E-state index in [2.05, 4.69) is 26.8 Å². The van der Waals surface area contributed by atoms with Crippen molar-refractivity contribution >= 4 is 17.8 Å². The molecule has 3 aromatic rings. The molecule has 0 spiro atoms. The van der Waals surface area contributed by atoms with Gasteiger partial charge in [0.05, 0.1) is 7.11 Å². The first kappa shape index (κ1) is 16.8. The lowest BCUT2D eigenvalue weighted by Crippen LogP contribution is -2.19. The zero-order valence-corrected chi connectivity index (χ0v) is 15.0. The number of aromatic nitrogens is 3. The zero-order valence-electron chi connectivity index (χ0n) is 15.0. The molecule has 27 heavy (non-hydrogen) atoms. The molecule has 1 aliphatic rings. The Bertz CT molecular complexity index is 1010. The Hall–Kier alpha value is -3.61. The van der Waals surface area contributed by atoms with Crippen LogP contribution in [0, 0.1) is 0 Å². The maximum atomic E-state index is 12.5. The van der Waals surface area contributed by atoms with Crippen molar-refractivity contribution in [1.29, 1.82) is 0 Å². The molecule has 1 unspecified atom stereocenters. The van der Waals surface area contributed by atoms with Crippen LogP contribution in [0.2, 0.25) is 0 Å². The van der Waals surface area contributed by atoms with Gasteiger partial charge in [0.25, 0.3) is 11.9 Å². The number of nitrogens with zero attached hydrogens (tertiary/aromatic N) is 3. The molecule has 1 atom stereocenters. The van der Waals surface area contributed by atoms with Crippen molar-refractivity contribution in [3.63, 3.8) is 0 Å². The minimum atomic E-state index is -0.294. The van der Waals surface area contributed by atoms with E-state index in [0.717, 1.165) is 11.3 Å². The first-order valence-electron chi connectivity index (χ1n) is 8.56. The predicted octanol–water partition coefficient (Wildman–Crippen LogP) is 3.46. The maximum absolute atomic E-state index is 12.5. The minimum absolute atomic E-state index is 0.0857. The third-order valence-corrected chi connectivity index (χ3v) is 4.31. The highest BCUT2D eigenvalue weighted by Gasteiger charge is 2.24. The number of nitrogens with one attached hydrogen (secondary N) is 2. The van der Waals surface area contributed by atoms with E-state index >= 15 is 0 Å². The lowest BCUT2D eigenvalue weighted by molar-refractivity contribution is 0.102. The van der Waals surface area contributed by atoms with Gasteiger partial charge in [0.2, 0.25) is 5.95 Å². The van der Waals surface area contributed by atoms with Crippen molar-refractivity contribution in [2.45, 2.75) is 13.0 Å². The van der Waals surface area contributed by atoms with Crippen LogP contribution in [0.3, 0.4) is 0 Å². The van der Waals surface area contributed by atoms with Gasteiger partial charge in [0.1, 0.15) is 11.8 Å². The molecular weight excluding hydrogens is 342 g/mol. The fourth-order valence-electron chi connectivity index (χ4n) is 3.01. The molecule has 2 N–H and O–H groups in total. The molecule has 0 fully saturated rings. The molecule has 0 aliphatic carbocycles. The highest BCUT2D eigenvalue weighted by molar-refractivity contribution is 6.03. The van der Waals surface area contributed by atoms with Crippen molar-refractivity contribution in [3.8, 4) is 5.75 Å². The van der Waals surface area contributed by atoms with Crippen LogP contribution < -0.4 is 15.4 Å². The Kier molecular flexibility index (Phi) is 4.33. The quantitative estimate of drug-likeness (QED) is 0.744. The Labute approximate surface area is 156 Å². The highest BCUT2D eigenvalue weighted by Crippen LogP contribution is 2.29. The van der Waals surface area contributed by atoms with Crippen LogP contribution in [0.15, 0.2) is 66.4 Å². The largest absolute Gasteiger partial charge is 0.497 e. The van der Waals surface area contributed by atoms with E-state index in [4.69, 9.17) is 4.74 Å². The van der Waals surface area contributed by atoms with E-state index in [1.54, 1.807) is 36.1 Å². The topological polar surface area (TPSA) is 81.1 Å². The second kappa shape index (κ2) is 6.95. The standard InChI is InChI=1S/C20H19N5O2/c1-13-11-17(14-7-4-3-5-8-14)25-20(21-13)23-19(24-25)22-18(26)15-9-6-10-16(12-15)27-2/h3-12,17H,1-2H3,(H2,21,22,23,24,26). The van der Waals surface area contributed by atoms with Crippen LogP contribution in [-0.4, -0.2) is 27.8 Å². The number of carbonyl (C=O) groups excluding carboxylic acids is 1. The maximum Gasteiger partial charge on any atom is 0.258 e. The molecule has 1 aromatic heterocycles. The Morgan fingerprint density at radius 1 is 1.19 bits per heavy atom. The van der Waals surface area contributed by atoms with Gasteiger partial charge >= 0.3 is 0 Å². The summed E-state index contributed by atoms with van der Waals surface area (Å²) >= 11 is 0. The van der Waals surface area contributed by atoms with Crippen LogP contribution in [0.1, 0.15) is 28.9 Å². The van der Waals surface area contributed by atoms with E-state index < -0.39 is 0 Å². The molecule has 2 heterocycles. The fourth-order valence-corrected chi connectivity index (χ4v) is 3.01. The molecule has 1 aliphatic heterocycles. The van der Waals surface area contributed by atoms with Gasteiger partial charge in [-0.1, -0.05) is 36.4 Å². The average molecular weight is 361 g/mol. The molecule has 7 heteroatoms. The first-order valence-corrected chi connectivity index (χ1v) is 8.56. The lowest BCUT2D eigenvalue weighted by atomic mass is 10.1. The summed E-state index contributed by atoms with van der Waals surface area (Å²) in [5, 5.41) is 10.4. The summed E-state index contributed by atoms with van der Waals surface area (Å²) in [6.07, 6.45) is 2.07. The summed E-state index contributed by atoms with van der Waals surface area (Å²) < 4.78 is 6.93. The molecule has 0 saturated carbocycles. The van der Waals surface area contributed by atoms with Gasteiger partial charge in [-0.05, 0) is 36.8 Å². The SMILES string of the molecule is COc1cccc(C(=O)Nc2nc3n(n2)C(c2ccccc2)C=C(C)N3)c1. The van der Waals surface area contributed by atoms with E-state index in [9.17, 15) is 4.79 Å². The fraction of sp³-hybridized carbons (Fsp3) is 0.150. The summed E-state index contributed by atoms with van der Waals surface area (Å²) in [7, 11) is 1.56. The number of anilines is 2. The monoisotopic (exact) mass is 361 g/mol. The van der Waals surface area contributed by atoms with Crippen LogP contribution in [0.25, 0.3) is 0 Å². The summed E-state index contributed by atoms with van der Waals surface area (Å²) in [6, 6.07) is 16.9. The van der Waals surface area contributed by atoms with Crippen molar-refractivity contribution < 1.29 is 9.53 Å². The van der Waals surface area contributed by atoms with Gasteiger partial charge in [-0.3, -0.25) is 10.1 Å². The molecule has 2 aromatic carbocycles. The van der Waals surface area contributed by atoms with E-state index in [1.807, 2.05) is 37.3 Å². The van der Waals surface area contributed by atoms with Crippen molar-refractivity contribution in [1.82, 2.24) is 14.8 Å². The average Bonchev–Trinajstić information content (AvgIpc) is 3.10. The third kappa shape index (κ3) is 3.39. The van der Waals surface area contributed by atoms with Crippen molar-refractivity contribution in [2.75, 3.05) is 17.7 Å². The second-order valence-corrected chi connectivity index (χ2v) is 6.22. The Balaban J connectivity index is 1.61. The number of fused-ring (bicyclic) bond motifs is 1. The molecule has 4 rings (SSSR count). The summed E-state index contributed by atoms with van der Waals surface area (Å²) in [4.78, 5) is 16.9. The van der Waals surface area contributed by atoms with Gasteiger partial charge in [-0.25, -0.2) is 4.68 Å². The number of amides is 1. The molecule has 0 saturated heterocycles. The molecule has 0 radical (unpaired) electrons. The number of allylic oxidation sites excluding steroid dienone is 2. The van der Waals surface area contributed by atoms with E-state index in [-0.39, 0.29) is 17.9 Å². The summed E-state index contributed by atoms with van der Waals surface area (Å²) in [5.74, 6) is 1.15. The second-order valence-electron chi connectivity index (χ2n) is 6.22. The number of carbonyl (C=O) groups is 1. The Morgan fingerprint density at radius 3 is 2.78 bits per heavy atom. The normalized spacial score (nSPS) is 15.3. The number of benzene rings is 2. The van der Waals surface area contributed by atoms with E-state index in [0.29, 0.717) is 17.3 Å². The molecule has 0 bridgehead atoms. The summed E-state index contributed by atoms with van der Waals surface area (Å²) in [6.45, 7) is 1.97. The van der Waals surface area contributed by atoms with Gasteiger partial charge in [-0.15, -0.1) is 5.10 Å². The van der Waals surface area contributed by atoms with Crippen LogP contribution >= 0.6 is 0 Å². The highest BCUT2D eigenvalue weighted by atomic mass is 16.5. The molecule has 136 valence electrons. The number of rotatable bonds is 4. The summed E-state index contributed by atoms with van der Waals surface area (Å²) in [5.41, 5.74) is 2.55. The first-order chi connectivity index (χ1) is 13.1.